The molecule has 0 radical (unpaired) electrons. The molecule has 0 aromatic heterocycles. The molecule has 1 aliphatic rings. The summed E-state index contributed by atoms with van der Waals surface area (Å²) in [7, 11) is 3.61. The van der Waals surface area contributed by atoms with Crippen LogP contribution in [-0.2, 0) is 9.53 Å². The van der Waals surface area contributed by atoms with Crippen LogP contribution in [0.4, 0.5) is 0 Å². The molecule has 2 unspecified atom stereocenters. The van der Waals surface area contributed by atoms with Crippen molar-refractivity contribution in [3.05, 3.63) is 0 Å². The summed E-state index contributed by atoms with van der Waals surface area (Å²) in [6, 6.07) is 1.10. The maximum Gasteiger partial charge on any atom is 0.325 e. The molecule has 4 nitrogen and oxygen atoms in total. The Morgan fingerprint density at radius 1 is 1.56 bits per heavy atom. The Morgan fingerprint density at radius 2 is 2.17 bits per heavy atom. The molecule has 0 saturated heterocycles. The van der Waals surface area contributed by atoms with Gasteiger partial charge >= 0.3 is 5.97 Å². The van der Waals surface area contributed by atoms with Crippen molar-refractivity contribution in [3.8, 4) is 0 Å². The van der Waals surface area contributed by atoms with Gasteiger partial charge in [0.2, 0.25) is 0 Å². The summed E-state index contributed by atoms with van der Waals surface area (Å²) in [4.78, 5) is 14.4. The molecule has 1 N–H and O–H groups in total. The van der Waals surface area contributed by atoms with Gasteiger partial charge in [-0.05, 0) is 53.1 Å². The highest BCUT2D eigenvalue weighted by molar-refractivity contribution is 5.80. The molecule has 0 spiro atoms. The molecular weight excluding hydrogens is 228 g/mol. The summed E-state index contributed by atoms with van der Waals surface area (Å²) in [5, 5.41) is 3.34. The van der Waals surface area contributed by atoms with Crippen molar-refractivity contribution in [1.29, 1.82) is 0 Å². The third-order valence-electron chi connectivity index (χ3n) is 3.92. The van der Waals surface area contributed by atoms with E-state index < -0.39 is 5.54 Å². The lowest BCUT2D eigenvalue weighted by Gasteiger charge is -2.34. The average molecular weight is 256 g/mol. The topological polar surface area (TPSA) is 41.6 Å². The molecule has 0 aliphatic heterocycles. The monoisotopic (exact) mass is 256 g/mol. The molecule has 0 amide bonds. The predicted molar refractivity (Wildman–Crippen MR) is 73.6 cm³/mol. The first-order valence-corrected chi connectivity index (χ1v) is 7.00. The van der Waals surface area contributed by atoms with Crippen LogP contribution in [0.1, 0.15) is 46.5 Å². The van der Waals surface area contributed by atoms with Crippen molar-refractivity contribution >= 4 is 5.97 Å². The Hall–Kier alpha value is -0.610. The summed E-state index contributed by atoms with van der Waals surface area (Å²) in [6.45, 7) is 7.08. The standard InChI is InChI=1S/C14H28N2O2/c1-6-9-15-14(3,13(17)18-5)10-11(2)16(4)12-7-8-12/h11-12,15H,6-10H2,1-5H3. The lowest BCUT2D eigenvalue weighted by molar-refractivity contribution is -0.148. The van der Waals surface area contributed by atoms with Crippen molar-refractivity contribution in [2.45, 2.75) is 64.1 Å². The van der Waals surface area contributed by atoms with Gasteiger partial charge in [0.25, 0.3) is 0 Å². The van der Waals surface area contributed by atoms with Gasteiger partial charge in [-0.25, -0.2) is 0 Å². The van der Waals surface area contributed by atoms with Gasteiger partial charge in [0, 0.05) is 12.1 Å². The third-order valence-corrected chi connectivity index (χ3v) is 3.92. The Labute approximate surface area is 111 Å². The molecule has 0 aromatic carbocycles. The number of carbonyl (C=O) groups is 1. The fourth-order valence-corrected chi connectivity index (χ4v) is 2.43. The summed E-state index contributed by atoms with van der Waals surface area (Å²) >= 11 is 0. The van der Waals surface area contributed by atoms with Gasteiger partial charge in [0.05, 0.1) is 7.11 Å². The van der Waals surface area contributed by atoms with Crippen molar-refractivity contribution in [1.82, 2.24) is 10.2 Å². The van der Waals surface area contributed by atoms with Gasteiger partial charge in [-0.15, -0.1) is 0 Å². The normalized spacial score (nSPS) is 20.6. The van der Waals surface area contributed by atoms with Crippen LogP contribution in [0, 0.1) is 0 Å². The van der Waals surface area contributed by atoms with E-state index in [1.54, 1.807) is 0 Å². The molecule has 1 saturated carbocycles. The minimum Gasteiger partial charge on any atom is -0.468 e. The zero-order valence-electron chi connectivity index (χ0n) is 12.5. The molecule has 4 heteroatoms. The van der Waals surface area contributed by atoms with Gasteiger partial charge < -0.3 is 15.0 Å². The Balaban J connectivity index is 2.61. The van der Waals surface area contributed by atoms with E-state index in [0.717, 1.165) is 19.4 Å². The summed E-state index contributed by atoms with van der Waals surface area (Å²) in [5.41, 5.74) is -0.576. The molecule has 0 heterocycles. The lowest BCUT2D eigenvalue weighted by atomic mass is 9.92. The quantitative estimate of drug-likeness (QED) is 0.672. The zero-order chi connectivity index (χ0) is 13.8. The molecule has 106 valence electrons. The molecule has 18 heavy (non-hydrogen) atoms. The van der Waals surface area contributed by atoms with Gasteiger partial charge in [-0.2, -0.15) is 0 Å². The lowest BCUT2D eigenvalue weighted by Crippen LogP contribution is -2.54. The summed E-state index contributed by atoms with van der Waals surface area (Å²) < 4.78 is 4.95. The number of ether oxygens (including phenoxy) is 1. The van der Waals surface area contributed by atoms with Crippen molar-refractivity contribution < 1.29 is 9.53 Å². The highest BCUT2D eigenvalue weighted by atomic mass is 16.5. The average Bonchev–Trinajstić information content (AvgIpc) is 3.18. The summed E-state index contributed by atoms with van der Waals surface area (Å²) in [5.74, 6) is -0.160. The van der Waals surface area contributed by atoms with Crippen LogP contribution in [0.5, 0.6) is 0 Å². The number of nitrogens with one attached hydrogen (secondary N) is 1. The number of hydrogen-bond donors (Lipinski definition) is 1. The van der Waals surface area contributed by atoms with Crippen molar-refractivity contribution in [2.24, 2.45) is 0 Å². The van der Waals surface area contributed by atoms with E-state index in [0.29, 0.717) is 12.1 Å². The maximum absolute atomic E-state index is 12.0. The summed E-state index contributed by atoms with van der Waals surface area (Å²) in [6.07, 6.45) is 4.38. The minimum atomic E-state index is -0.576. The molecule has 1 rings (SSSR count). The number of rotatable bonds is 8. The first-order chi connectivity index (χ1) is 8.44. The van der Waals surface area contributed by atoms with E-state index in [9.17, 15) is 4.79 Å². The fourth-order valence-electron chi connectivity index (χ4n) is 2.43. The van der Waals surface area contributed by atoms with Crippen LogP contribution in [0.25, 0.3) is 0 Å². The first-order valence-electron chi connectivity index (χ1n) is 7.00. The second kappa shape index (κ2) is 6.53. The number of carbonyl (C=O) groups excluding carboxylic acids is 1. The number of hydrogen-bond acceptors (Lipinski definition) is 4. The van der Waals surface area contributed by atoms with E-state index in [1.165, 1.54) is 20.0 Å². The van der Waals surface area contributed by atoms with Gasteiger partial charge in [-0.1, -0.05) is 6.92 Å². The van der Waals surface area contributed by atoms with Crippen LogP contribution in [0.3, 0.4) is 0 Å². The Bertz CT molecular complexity index is 279. The number of esters is 1. The van der Waals surface area contributed by atoms with E-state index in [4.69, 9.17) is 4.74 Å². The number of nitrogens with zero attached hydrogens (tertiary/aromatic N) is 1. The molecule has 1 aliphatic carbocycles. The van der Waals surface area contributed by atoms with Crippen molar-refractivity contribution in [3.63, 3.8) is 0 Å². The second-order valence-electron chi connectivity index (χ2n) is 5.70. The highest BCUT2D eigenvalue weighted by Gasteiger charge is 2.38. The molecule has 0 bridgehead atoms. The van der Waals surface area contributed by atoms with Crippen molar-refractivity contribution in [2.75, 3.05) is 20.7 Å². The maximum atomic E-state index is 12.0. The fraction of sp³-hybridized carbons (Fsp3) is 0.929. The molecule has 1 fully saturated rings. The van der Waals surface area contributed by atoms with Crippen LogP contribution in [-0.4, -0.2) is 49.2 Å². The smallest absolute Gasteiger partial charge is 0.325 e. The second-order valence-corrected chi connectivity index (χ2v) is 5.70. The molecule has 2 atom stereocenters. The largest absolute Gasteiger partial charge is 0.468 e. The third kappa shape index (κ3) is 3.95. The Kier molecular flexibility index (Phi) is 5.60. The van der Waals surface area contributed by atoms with Crippen LogP contribution in [0.15, 0.2) is 0 Å². The zero-order valence-corrected chi connectivity index (χ0v) is 12.5. The van der Waals surface area contributed by atoms with E-state index in [1.807, 2.05) is 6.92 Å². The minimum absolute atomic E-state index is 0.160. The SMILES string of the molecule is CCCNC(C)(CC(C)N(C)C1CC1)C(=O)OC. The van der Waals surface area contributed by atoms with Crippen LogP contribution < -0.4 is 5.32 Å². The van der Waals surface area contributed by atoms with Gasteiger partial charge in [-0.3, -0.25) is 4.79 Å². The van der Waals surface area contributed by atoms with E-state index >= 15 is 0 Å². The van der Waals surface area contributed by atoms with Crippen LogP contribution in [0.2, 0.25) is 0 Å². The van der Waals surface area contributed by atoms with Crippen LogP contribution >= 0.6 is 0 Å². The Morgan fingerprint density at radius 3 is 2.61 bits per heavy atom. The van der Waals surface area contributed by atoms with Gasteiger partial charge in [0.1, 0.15) is 5.54 Å². The number of methoxy groups -OCH3 is 1. The first kappa shape index (κ1) is 15.4. The predicted octanol–water partition coefficient (Wildman–Crippen LogP) is 1.79. The molecular formula is C14H28N2O2. The van der Waals surface area contributed by atoms with E-state index in [-0.39, 0.29) is 5.97 Å². The highest BCUT2D eigenvalue weighted by Crippen LogP contribution is 2.29. The van der Waals surface area contributed by atoms with Gasteiger partial charge in [0.15, 0.2) is 0 Å². The molecule has 0 aromatic rings. The van der Waals surface area contributed by atoms with E-state index in [2.05, 4.69) is 31.1 Å².